The van der Waals surface area contributed by atoms with Crippen LogP contribution in [0.4, 0.5) is 0 Å². The normalized spacial score (nSPS) is 12.1. The lowest BCUT2D eigenvalue weighted by molar-refractivity contribution is 0.406. The van der Waals surface area contributed by atoms with E-state index in [1.807, 2.05) is 6.07 Å². The van der Waals surface area contributed by atoms with E-state index in [2.05, 4.69) is 33.8 Å². The van der Waals surface area contributed by atoms with Crippen LogP contribution in [0.3, 0.4) is 0 Å². The zero-order valence-electron chi connectivity index (χ0n) is 12.5. The summed E-state index contributed by atoms with van der Waals surface area (Å²) < 4.78 is 11.4. The summed E-state index contributed by atoms with van der Waals surface area (Å²) >= 11 is 0. The van der Waals surface area contributed by atoms with E-state index in [0.29, 0.717) is 6.54 Å². The van der Waals surface area contributed by atoms with E-state index in [1.165, 1.54) is 11.1 Å². The molecular formula is C16H23NO2. The van der Waals surface area contributed by atoms with Crippen molar-refractivity contribution in [3.63, 3.8) is 0 Å². The van der Waals surface area contributed by atoms with Gasteiger partial charge in [-0.2, -0.15) is 0 Å². The van der Waals surface area contributed by atoms with Crippen molar-refractivity contribution in [2.24, 2.45) is 5.73 Å². The third kappa shape index (κ3) is 2.35. The minimum atomic E-state index is -0.00265. The third-order valence-corrected chi connectivity index (χ3v) is 3.45. The van der Waals surface area contributed by atoms with Crippen LogP contribution >= 0.6 is 0 Å². The molecule has 1 aromatic heterocycles. The Morgan fingerprint density at radius 3 is 2.42 bits per heavy atom. The molecule has 0 spiro atoms. The molecule has 0 aliphatic heterocycles. The number of methoxy groups -OCH3 is 1. The lowest BCUT2D eigenvalue weighted by Crippen LogP contribution is -2.14. The Morgan fingerprint density at radius 1 is 1.26 bits per heavy atom. The third-order valence-electron chi connectivity index (χ3n) is 3.45. The average molecular weight is 261 g/mol. The molecule has 1 heterocycles. The van der Waals surface area contributed by atoms with Crippen LogP contribution in [-0.4, -0.2) is 7.11 Å². The first kappa shape index (κ1) is 13.9. The highest BCUT2D eigenvalue weighted by Gasteiger charge is 2.26. The Morgan fingerprint density at radius 2 is 1.95 bits per heavy atom. The molecule has 0 saturated heterocycles. The minimum absolute atomic E-state index is 0.00265. The number of rotatable bonds is 3. The van der Waals surface area contributed by atoms with Crippen molar-refractivity contribution in [3.05, 3.63) is 29.0 Å². The molecule has 0 saturated carbocycles. The molecule has 0 aliphatic carbocycles. The second-order valence-corrected chi connectivity index (χ2v) is 5.88. The number of aryl methyl sites for hydroxylation is 1. The number of hydrogen-bond donors (Lipinski definition) is 1. The van der Waals surface area contributed by atoms with Crippen LogP contribution in [0.2, 0.25) is 0 Å². The summed E-state index contributed by atoms with van der Waals surface area (Å²) in [6.07, 6.45) is 0.971. The summed E-state index contributed by atoms with van der Waals surface area (Å²) in [7, 11) is 1.68. The maximum absolute atomic E-state index is 5.95. The molecule has 3 nitrogen and oxygen atoms in total. The molecule has 0 unspecified atom stereocenters. The van der Waals surface area contributed by atoms with Crippen LogP contribution in [0.15, 0.2) is 16.5 Å². The zero-order valence-corrected chi connectivity index (χ0v) is 12.5. The van der Waals surface area contributed by atoms with Gasteiger partial charge in [0.2, 0.25) is 0 Å². The van der Waals surface area contributed by atoms with E-state index >= 15 is 0 Å². The molecule has 0 amide bonds. The smallest absolute Gasteiger partial charge is 0.176 e. The number of benzene rings is 1. The van der Waals surface area contributed by atoms with Gasteiger partial charge in [-0.25, -0.2) is 0 Å². The van der Waals surface area contributed by atoms with Gasteiger partial charge in [-0.05, 0) is 29.5 Å². The van der Waals surface area contributed by atoms with E-state index < -0.39 is 0 Å². The molecule has 19 heavy (non-hydrogen) atoms. The Labute approximate surface area is 114 Å². The van der Waals surface area contributed by atoms with Gasteiger partial charge in [-0.3, -0.25) is 0 Å². The second kappa shape index (κ2) is 4.89. The molecule has 0 radical (unpaired) electrons. The average Bonchev–Trinajstić information content (AvgIpc) is 2.75. The van der Waals surface area contributed by atoms with Crippen molar-refractivity contribution in [2.75, 3.05) is 7.11 Å². The van der Waals surface area contributed by atoms with Crippen molar-refractivity contribution in [3.8, 4) is 5.75 Å². The topological polar surface area (TPSA) is 48.4 Å². The van der Waals surface area contributed by atoms with Crippen molar-refractivity contribution >= 4 is 11.0 Å². The van der Waals surface area contributed by atoms with Gasteiger partial charge in [0.15, 0.2) is 11.3 Å². The molecule has 2 rings (SSSR count). The van der Waals surface area contributed by atoms with Crippen LogP contribution in [-0.2, 0) is 18.4 Å². The number of furan rings is 1. The molecule has 0 bridgehead atoms. The Balaban J connectivity index is 2.85. The quantitative estimate of drug-likeness (QED) is 0.915. The second-order valence-electron chi connectivity index (χ2n) is 5.88. The van der Waals surface area contributed by atoms with Crippen molar-refractivity contribution in [2.45, 2.75) is 46.1 Å². The van der Waals surface area contributed by atoms with Crippen molar-refractivity contribution in [1.82, 2.24) is 0 Å². The fourth-order valence-corrected chi connectivity index (χ4v) is 2.60. The van der Waals surface area contributed by atoms with E-state index in [1.54, 1.807) is 7.11 Å². The molecule has 104 valence electrons. The van der Waals surface area contributed by atoms with Gasteiger partial charge in [0, 0.05) is 10.9 Å². The number of fused-ring (bicyclic) bond motifs is 1. The first-order chi connectivity index (χ1) is 8.92. The highest BCUT2D eigenvalue weighted by atomic mass is 16.5. The monoisotopic (exact) mass is 261 g/mol. The highest BCUT2D eigenvalue weighted by Crippen LogP contribution is 2.40. The molecule has 2 aromatic rings. The van der Waals surface area contributed by atoms with Gasteiger partial charge in [-0.1, -0.05) is 27.7 Å². The van der Waals surface area contributed by atoms with Gasteiger partial charge >= 0.3 is 0 Å². The van der Waals surface area contributed by atoms with Gasteiger partial charge in [0.05, 0.1) is 13.7 Å². The van der Waals surface area contributed by atoms with E-state index in [0.717, 1.165) is 28.9 Å². The number of ether oxygens (including phenoxy) is 1. The minimum Gasteiger partial charge on any atom is -0.493 e. The van der Waals surface area contributed by atoms with Gasteiger partial charge in [0.25, 0.3) is 0 Å². The summed E-state index contributed by atoms with van der Waals surface area (Å²) in [4.78, 5) is 0. The first-order valence-corrected chi connectivity index (χ1v) is 6.75. The number of hydrogen-bond acceptors (Lipinski definition) is 3. The lowest BCUT2D eigenvalue weighted by atomic mass is 9.84. The van der Waals surface area contributed by atoms with Crippen LogP contribution < -0.4 is 10.5 Å². The first-order valence-electron chi connectivity index (χ1n) is 6.75. The van der Waals surface area contributed by atoms with Gasteiger partial charge in [-0.15, -0.1) is 0 Å². The van der Waals surface area contributed by atoms with E-state index in [4.69, 9.17) is 14.9 Å². The summed E-state index contributed by atoms with van der Waals surface area (Å²) in [6.45, 7) is 9.10. The molecule has 0 atom stereocenters. The predicted octanol–water partition coefficient (Wildman–Crippen LogP) is 3.76. The fourth-order valence-electron chi connectivity index (χ4n) is 2.60. The number of nitrogens with two attached hydrogens (primary N) is 1. The van der Waals surface area contributed by atoms with Crippen LogP contribution in [0.1, 0.15) is 44.6 Å². The SMILES string of the molecule is CCc1cc(OC)c2oc(CN)c(C(C)(C)C)c2c1. The predicted molar refractivity (Wildman–Crippen MR) is 78.7 cm³/mol. The standard InChI is InChI=1S/C16H23NO2/c1-6-10-7-11-14(16(2,3)4)13(9-17)19-15(11)12(8-10)18-5/h7-8H,6,9,17H2,1-5H3. The fraction of sp³-hybridized carbons (Fsp3) is 0.500. The van der Waals surface area contributed by atoms with E-state index in [9.17, 15) is 0 Å². The maximum Gasteiger partial charge on any atom is 0.176 e. The molecule has 2 N–H and O–H groups in total. The van der Waals surface area contributed by atoms with Crippen molar-refractivity contribution in [1.29, 1.82) is 0 Å². The summed E-state index contributed by atoms with van der Waals surface area (Å²) in [5.74, 6) is 1.65. The molecule has 0 aliphatic rings. The van der Waals surface area contributed by atoms with Crippen LogP contribution in [0, 0.1) is 0 Å². The Bertz CT molecular complexity index is 591. The highest BCUT2D eigenvalue weighted by molar-refractivity contribution is 5.89. The summed E-state index contributed by atoms with van der Waals surface area (Å²) in [5.41, 5.74) is 9.09. The maximum atomic E-state index is 5.95. The lowest BCUT2D eigenvalue weighted by Gasteiger charge is -2.19. The van der Waals surface area contributed by atoms with Crippen molar-refractivity contribution < 1.29 is 9.15 Å². The molecule has 3 heteroatoms. The van der Waals surface area contributed by atoms with Gasteiger partial charge in [0.1, 0.15) is 5.76 Å². The Hall–Kier alpha value is -1.48. The Kier molecular flexibility index (Phi) is 3.59. The summed E-state index contributed by atoms with van der Waals surface area (Å²) in [5, 5.41) is 1.13. The molecular weight excluding hydrogens is 238 g/mol. The largest absolute Gasteiger partial charge is 0.493 e. The molecule has 1 aromatic carbocycles. The van der Waals surface area contributed by atoms with Gasteiger partial charge < -0.3 is 14.9 Å². The van der Waals surface area contributed by atoms with Crippen LogP contribution in [0.25, 0.3) is 11.0 Å². The molecule has 0 fully saturated rings. The summed E-state index contributed by atoms with van der Waals surface area (Å²) in [6, 6.07) is 4.24. The van der Waals surface area contributed by atoms with E-state index in [-0.39, 0.29) is 5.41 Å². The zero-order chi connectivity index (χ0) is 14.2. The van der Waals surface area contributed by atoms with Crippen LogP contribution in [0.5, 0.6) is 5.75 Å².